The number of aromatic nitrogens is 4. The lowest BCUT2D eigenvalue weighted by Gasteiger charge is -2.06. The van der Waals surface area contributed by atoms with Crippen LogP contribution in [0.3, 0.4) is 0 Å². The normalized spacial score (nSPS) is 10.9. The summed E-state index contributed by atoms with van der Waals surface area (Å²) in [5, 5.41) is 4.71. The van der Waals surface area contributed by atoms with Gasteiger partial charge in [-0.05, 0) is 13.8 Å². The van der Waals surface area contributed by atoms with Gasteiger partial charge in [-0.2, -0.15) is 5.10 Å². The third-order valence-electron chi connectivity index (χ3n) is 2.77. The lowest BCUT2D eigenvalue weighted by molar-refractivity contribution is 0.636. The van der Waals surface area contributed by atoms with E-state index in [1.165, 1.54) is 10.8 Å². The number of aromatic amines is 1. The summed E-state index contributed by atoms with van der Waals surface area (Å²) >= 11 is 6.12. The number of nitrogens with zero attached hydrogens (tertiary/aromatic N) is 3. The summed E-state index contributed by atoms with van der Waals surface area (Å²) in [5.74, 6) is 0. The highest BCUT2D eigenvalue weighted by Gasteiger charge is 2.12. The van der Waals surface area contributed by atoms with Gasteiger partial charge in [0, 0.05) is 18.8 Å². The molecule has 2 aromatic heterocycles. The first-order chi connectivity index (χ1) is 8.40. The Hall–Kier alpha value is -1.82. The molecule has 0 aliphatic heterocycles. The molecule has 2 heterocycles. The van der Waals surface area contributed by atoms with Gasteiger partial charge in [-0.25, -0.2) is 4.79 Å². The van der Waals surface area contributed by atoms with Gasteiger partial charge in [-0.15, -0.1) is 0 Å². The van der Waals surface area contributed by atoms with E-state index in [9.17, 15) is 9.59 Å². The van der Waals surface area contributed by atoms with Crippen LogP contribution in [0, 0.1) is 13.8 Å². The maximum atomic E-state index is 11.7. The van der Waals surface area contributed by atoms with Gasteiger partial charge >= 0.3 is 5.69 Å². The molecule has 7 heteroatoms. The van der Waals surface area contributed by atoms with Crippen LogP contribution >= 0.6 is 11.6 Å². The predicted molar refractivity (Wildman–Crippen MR) is 68.1 cm³/mol. The standard InChI is InChI=1S/C11H13ClN4O2/c1-6-4-16(11(18)13-10(6)17)5-8-9(12)7(2)14-15(8)3/h4H,5H2,1-3H3,(H,13,17,18). The second-order valence-corrected chi connectivity index (χ2v) is 4.55. The molecule has 2 aromatic rings. The smallest absolute Gasteiger partial charge is 0.294 e. The molecule has 0 aromatic carbocycles. The van der Waals surface area contributed by atoms with Crippen LogP contribution in [-0.2, 0) is 13.6 Å². The first-order valence-electron chi connectivity index (χ1n) is 5.38. The zero-order chi connectivity index (χ0) is 13.4. The predicted octanol–water partition coefficient (Wildman–Crippen LogP) is 0.589. The SMILES string of the molecule is Cc1nn(C)c(Cn2cc(C)c(=O)[nH]c2=O)c1Cl. The van der Waals surface area contributed by atoms with E-state index >= 15 is 0 Å². The minimum absolute atomic E-state index is 0.270. The molecule has 0 atom stereocenters. The zero-order valence-corrected chi connectivity index (χ0v) is 11.1. The fourth-order valence-corrected chi connectivity index (χ4v) is 1.97. The number of halogens is 1. The highest BCUT2D eigenvalue weighted by molar-refractivity contribution is 6.31. The van der Waals surface area contributed by atoms with Crippen molar-refractivity contribution >= 4 is 11.6 Å². The first-order valence-corrected chi connectivity index (χ1v) is 5.76. The molecular weight excluding hydrogens is 256 g/mol. The van der Waals surface area contributed by atoms with E-state index in [1.807, 2.05) is 0 Å². The molecule has 18 heavy (non-hydrogen) atoms. The lowest BCUT2D eigenvalue weighted by atomic mass is 10.3. The Labute approximate surface area is 108 Å². The van der Waals surface area contributed by atoms with Crippen molar-refractivity contribution in [1.82, 2.24) is 19.3 Å². The highest BCUT2D eigenvalue weighted by atomic mass is 35.5. The van der Waals surface area contributed by atoms with Gasteiger partial charge in [0.15, 0.2) is 0 Å². The van der Waals surface area contributed by atoms with Gasteiger partial charge in [0.2, 0.25) is 0 Å². The number of nitrogens with one attached hydrogen (secondary N) is 1. The van der Waals surface area contributed by atoms with E-state index < -0.39 is 5.69 Å². The van der Waals surface area contributed by atoms with E-state index in [2.05, 4.69) is 10.1 Å². The third-order valence-corrected chi connectivity index (χ3v) is 3.26. The van der Waals surface area contributed by atoms with Crippen LogP contribution in [0.1, 0.15) is 17.0 Å². The number of hydrogen-bond acceptors (Lipinski definition) is 3. The van der Waals surface area contributed by atoms with Crippen molar-refractivity contribution in [2.45, 2.75) is 20.4 Å². The van der Waals surface area contributed by atoms with Crippen LogP contribution in [0.15, 0.2) is 15.8 Å². The molecule has 6 nitrogen and oxygen atoms in total. The summed E-state index contributed by atoms with van der Waals surface area (Å²) in [4.78, 5) is 25.2. The monoisotopic (exact) mass is 268 g/mol. The van der Waals surface area contributed by atoms with Crippen LogP contribution < -0.4 is 11.2 Å². The van der Waals surface area contributed by atoms with Crippen LogP contribution in [0.4, 0.5) is 0 Å². The summed E-state index contributed by atoms with van der Waals surface area (Å²) in [6, 6.07) is 0. The molecular formula is C11H13ClN4O2. The molecule has 0 spiro atoms. The van der Waals surface area contributed by atoms with Gasteiger partial charge in [0.1, 0.15) is 0 Å². The van der Waals surface area contributed by atoms with Crippen molar-refractivity contribution in [3.8, 4) is 0 Å². The number of H-pyrrole nitrogens is 1. The van der Waals surface area contributed by atoms with Crippen LogP contribution in [0.5, 0.6) is 0 Å². The van der Waals surface area contributed by atoms with Crippen molar-refractivity contribution < 1.29 is 0 Å². The summed E-state index contributed by atoms with van der Waals surface area (Å²) < 4.78 is 3.03. The Kier molecular flexibility index (Phi) is 3.13. The van der Waals surface area contributed by atoms with Gasteiger partial charge in [0.05, 0.1) is 23.0 Å². The molecule has 0 radical (unpaired) electrons. The molecule has 0 aliphatic carbocycles. The van der Waals surface area contributed by atoms with Gasteiger partial charge in [0.25, 0.3) is 5.56 Å². The van der Waals surface area contributed by atoms with Crippen molar-refractivity contribution in [3.05, 3.63) is 49.0 Å². The maximum absolute atomic E-state index is 11.7. The van der Waals surface area contributed by atoms with E-state index in [1.54, 1.807) is 25.6 Å². The Balaban J connectivity index is 2.50. The topological polar surface area (TPSA) is 72.7 Å². The van der Waals surface area contributed by atoms with Gasteiger partial charge < -0.3 is 0 Å². The average Bonchev–Trinajstić information content (AvgIpc) is 2.52. The minimum atomic E-state index is -0.458. The molecule has 0 fully saturated rings. The van der Waals surface area contributed by atoms with E-state index in [4.69, 9.17) is 11.6 Å². The van der Waals surface area contributed by atoms with Crippen LogP contribution in [-0.4, -0.2) is 19.3 Å². The Morgan fingerprint density at radius 1 is 1.39 bits per heavy atom. The highest BCUT2D eigenvalue weighted by Crippen LogP contribution is 2.19. The molecule has 2 rings (SSSR count). The molecule has 0 amide bonds. The van der Waals surface area contributed by atoms with Crippen LogP contribution in [0.2, 0.25) is 5.02 Å². The number of rotatable bonds is 2. The Morgan fingerprint density at radius 3 is 2.61 bits per heavy atom. The summed E-state index contributed by atoms with van der Waals surface area (Å²) in [6.07, 6.45) is 1.51. The number of hydrogen-bond donors (Lipinski definition) is 1. The molecule has 0 saturated heterocycles. The van der Waals surface area contributed by atoms with Crippen molar-refractivity contribution in [3.63, 3.8) is 0 Å². The quantitative estimate of drug-likeness (QED) is 0.866. The zero-order valence-electron chi connectivity index (χ0n) is 10.3. The van der Waals surface area contributed by atoms with Gasteiger partial charge in [-0.3, -0.25) is 19.0 Å². The van der Waals surface area contributed by atoms with Crippen molar-refractivity contribution in [2.75, 3.05) is 0 Å². The number of aryl methyl sites for hydroxylation is 3. The van der Waals surface area contributed by atoms with E-state index in [0.717, 1.165) is 5.69 Å². The average molecular weight is 269 g/mol. The minimum Gasteiger partial charge on any atom is -0.294 e. The Morgan fingerprint density at radius 2 is 2.06 bits per heavy atom. The largest absolute Gasteiger partial charge is 0.328 e. The molecule has 96 valence electrons. The molecule has 0 unspecified atom stereocenters. The molecule has 0 saturated carbocycles. The second kappa shape index (κ2) is 4.45. The van der Waals surface area contributed by atoms with Gasteiger partial charge in [-0.1, -0.05) is 11.6 Å². The second-order valence-electron chi connectivity index (χ2n) is 4.17. The molecule has 0 aliphatic rings. The van der Waals surface area contributed by atoms with E-state index in [0.29, 0.717) is 16.3 Å². The van der Waals surface area contributed by atoms with E-state index in [-0.39, 0.29) is 12.1 Å². The lowest BCUT2D eigenvalue weighted by Crippen LogP contribution is -2.31. The molecule has 1 N–H and O–H groups in total. The Bertz CT molecular complexity index is 711. The summed E-state index contributed by atoms with van der Waals surface area (Å²) in [6.45, 7) is 3.71. The fraction of sp³-hybridized carbons (Fsp3) is 0.364. The van der Waals surface area contributed by atoms with Crippen molar-refractivity contribution in [2.24, 2.45) is 7.05 Å². The first kappa shape index (κ1) is 12.6. The maximum Gasteiger partial charge on any atom is 0.328 e. The summed E-state index contributed by atoms with van der Waals surface area (Å²) in [5.41, 5.74) is 1.08. The van der Waals surface area contributed by atoms with Crippen LogP contribution in [0.25, 0.3) is 0 Å². The molecule has 0 bridgehead atoms. The summed E-state index contributed by atoms with van der Waals surface area (Å²) in [7, 11) is 1.76. The fourth-order valence-electron chi connectivity index (χ4n) is 1.75. The van der Waals surface area contributed by atoms with Crippen molar-refractivity contribution in [1.29, 1.82) is 0 Å². The third kappa shape index (κ3) is 2.11.